The number of aromatic nitrogens is 1. The molecule has 0 amide bonds. The van der Waals surface area contributed by atoms with E-state index in [0.717, 1.165) is 24.2 Å². The van der Waals surface area contributed by atoms with Gasteiger partial charge >= 0.3 is 0 Å². The van der Waals surface area contributed by atoms with Crippen molar-refractivity contribution >= 4 is 5.69 Å². The molecular weight excluding hydrogens is 222 g/mol. The predicted molar refractivity (Wildman–Crippen MR) is 77.9 cm³/mol. The van der Waals surface area contributed by atoms with Crippen molar-refractivity contribution in [3.05, 3.63) is 23.5 Å². The summed E-state index contributed by atoms with van der Waals surface area (Å²) < 4.78 is 0. The summed E-state index contributed by atoms with van der Waals surface area (Å²) in [7, 11) is 3.87. The third kappa shape index (κ3) is 5.18. The van der Waals surface area contributed by atoms with Gasteiger partial charge in [0.2, 0.25) is 0 Å². The third-order valence-corrected chi connectivity index (χ3v) is 2.59. The van der Waals surface area contributed by atoms with Gasteiger partial charge in [0, 0.05) is 20.3 Å². The highest BCUT2D eigenvalue weighted by molar-refractivity contribution is 5.59. The summed E-state index contributed by atoms with van der Waals surface area (Å²) in [6.45, 7) is 6.45. The van der Waals surface area contributed by atoms with E-state index in [1.165, 1.54) is 12.8 Å². The Kier molecular flexibility index (Phi) is 8.65. The van der Waals surface area contributed by atoms with Crippen LogP contribution in [-0.4, -0.2) is 19.1 Å². The van der Waals surface area contributed by atoms with Crippen molar-refractivity contribution in [2.75, 3.05) is 19.0 Å². The molecule has 0 aliphatic carbocycles. The van der Waals surface area contributed by atoms with Crippen molar-refractivity contribution in [2.24, 2.45) is 0 Å². The highest BCUT2D eigenvalue weighted by Crippen LogP contribution is 2.20. The number of nitrogens with zero attached hydrogens (tertiary/aromatic N) is 3. The minimum absolute atomic E-state index is 0.708. The smallest absolute Gasteiger partial charge is 0.103 e. The molecule has 0 spiro atoms. The van der Waals surface area contributed by atoms with Gasteiger partial charge in [0.25, 0.3) is 0 Å². The Bertz CT molecular complexity index is 376. The fraction of sp³-hybridized carbons (Fsp3) is 0.600. The Hall–Kier alpha value is -1.56. The van der Waals surface area contributed by atoms with Crippen molar-refractivity contribution in [3.63, 3.8) is 0 Å². The van der Waals surface area contributed by atoms with Gasteiger partial charge < -0.3 is 4.90 Å². The van der Waals surface area contributed by atoms with Crippen LogP contribution in [0.25, 0.3) is 0 Å². The minimum Gasteiger partial charge on any atom is -0.376 e. The number of aryl methyl sites for hydroxylation is 1. The lowest BCUT2D eigenvalue weighted by Gasteiger charge is -2.15. The maximum Gasteiger partial charge on any atom is 0.103 e. The lowest BCUT2D eigenvalue weighted by Crippen LogP contribution is -2.12. The van der Waals surface area contributed by atoms with Crippen LogP contribution < -0.4 is 4.90 Å². The van der Waals surface area contributed by atoms with Crippen LogP contribution in [-0.2, 0) is 6.42 Å². The number of rotatable bonds is 4. The average Bonchev–Trinajstić information content (AvgIpc) is 2.39. The molecule has 1 aromatic rings. The van der Waals surface area contributed by atoms with E-state index in [2.05, 4.69) is 31.8 Å². The van der Waals surface area contributed by atoms with Crippen LogP contribution in [0.4, 0.5) is 5.69 Å². The third-order valence-electron chi connectivity index (χ3n) is 2.59. The Balaban J connectivity index is 0.000000631. The first kappa shape index (κ1) is 16.4. The molecule has 1 aromatic heterocycles. The first-order valence-electron chi connectivity index (χ1n) is 6.67. The van der Waals surface area contributed by atoms with Crippen LogP contribution in [0.2, 0.25) is 0 Å². The van der Waals surface area contributed by atoms with Crippen LogP contribution in [0.3, 0.4) is 0 Å². The molecule has 0 atom stereocenters. The van der Waals surface area contributed by atoms with Crippen LogP contribution in [0, 0.1) is 11.3 Å². The second-order valence-electron chi connectivity index (χ2n) is 4.41. The van der Waals surface area contributed by atoms with E-state index >= 15 is 0 Å². The van der Waals surface area contributed by atoms with Crippen molar-refractivity contribution in [2.45, 2.75) is 46.5 Å². The van der Waals surface area contributed by atoms with Crippen molar-refractivity contribution in [1.29, 1.82) is 5.26 Å². The topological polar surface area (TPSA) is 39.9 Å². The van der Waals surface area contributed by atoms with Crippen LogP contribution in [0.15, 0.2) is 12.3 Å². The molecule has 1 heterocycles. The molecule has 0 aromatic carbocycles. The van der Waals surface area contributed by atoms with E-state index in [0.29, 0.717) is 5.56 Å². The number of hydrogen-bond acceptors (Lipinski definition) is 3. The highest BCUT2D eigenvalue weighted by Gasteiger charge is 2.09. The summed E-state index contributed by atoms with van der Waals surface area (Å²) in [6.07, 6.45) is 6.28. The summed E-state index contributed by atoms with van der Waals surface area (Å²) in [6, 6.07) is 4.10. The van der Waals surface area contributed by atoms with Gasteiger partial charge in [-0.25, -0.2) is 0 Å². The first-order chi connectivity index (χ1) is 8.62. The zero-order chi connectivity index (χ0) is 14.0. The summed E-state index contributed by atoms with van der Waals surface area (Å²) in [5.41, 5.74) is 2.56. The molecule has 0 aliphatic rings. The zero-order valence-electron chi connectivity index (χ0n) is 12.3. The molecular formula is C15H25N3. The molecule has 0 fully saturated rings. The Labute approximate surface area is 111 Å². The van der Waals surface area contributed by atoms with Crippen LogP contribution in [0.5, 0.6) is 0 Å². The lowest BCUT2D eigenvalue weighted by atomic mass is 10.1. The van der Waals surface area contributed by atoms with Gasteiger partial charge in [-0.1, -0.05) is 40.0 Å². The Morgan fingerprint density at radius 3 is 2.17 bits per heavy atom. The van der Waals surface area contributed by atoms with Gasteiger partial charge in [-0.15, -0.1) is 0 Å². The highest BCUT2D eigenvalue weighted by atomic mass is 15.1. The molecule has 0 radical (unpaired) electrons. The van der Waals surface area contributed by atoms with E-state index in [1.54, 1.807) is 6.20 Å². The molecule has 0 saturated heterocycles. The molecule has 1 rings (SSSR count). The van der Waals surface area contributed by atoms with Gasteiger partial charge in [-0.05, 0) is 12.5 Å². The number of hydrogen-bond donors (Lipinski definition) is 0. The number of unbranched alkanes of at least 4 members (excludes halogenated alkanes) is 1. The maximum atomic E-state index is 9.06. The molecule has 100 valence electrons. The van der Waals surface area contributed by atoms with Gasteiger partial charge in [-0.2, -0.15) is 5.26 Å². The molecule has 0 bridgehead atoms. The molecule has 0 aliphatic heterocycles. The van der Waals surface area contributed by atoms with E-state index in [-0.39, 0.29) is 0 Å². The number of pyridine rings is 1. The summed E-state index contributed by atoms with van der Waals surface area (Å²) in [4.78, 5) is 6.18. The SMILES string of the molecule is CCCC.CCCc1nccc(N(C)C)c1C#N. The minimum atomic E-state index is 0.708. The Morgan fingerprint density at radius 2 is 1.78 bits per heavy atom. The number of nitriles is 1. The average molecular weight is 247 g/mol. The van der Waals surface area contributed by atoms with Crippen molar-refractivity contribution < 1.29 is 0 Å². The van der Waals surface area contributed by atoms with Gasteiger partial charge in [0.1, 0.15) is 6.07 Å². The van der Waals surface area contributed by atoms with Gasteiger partial charge in [-0.3, -0.25) is 4.98 Å². The van der Waals surface area contributed by atoms with Crippen molar-refractivity contribution in [1.82, 2.24) is 4.98 Å². The van der Waals surface area contributed by atoms with Gasteiger partial charge in [0.15, 0.2) is 0 Å². The monoisotopic (exact) mass is 247 g/mol. The zero-order valence-corrected chi connectivity index (χ0v) is 12.3. The lowest BCUT2D eigenvalue weighted by molar-refractivity contribution is 0.875. The van der Waals surface area contributed by atoms with E-state index in [4.69, 9.17) is 5.26 Å². The quantitative estimate of drug-likeness (QED) is 0.813. The Morgan fingerprint density at radius 1 is 1.17 bits per heavy atom. The largest absolute Gasteiger partial charge is 0.376 e. The summed E-state index contributed by atoms with van der Waals surface area (Å²) in [5, 5.41) is 9.06. The first-order valence-corrected chi connectivity index (χ1v) is 6.67. The molecule has 18 heavy (non-hydrogen) atoms. The molecule has 3 heteroatoms. The predicted octanol–water partition coefficient (Wildman–Crippen LogP) is 3.78. The molecule has 0 unspecified atom stereocenters. The second-order valence-corrected chi connectivity index (χ2v) is 4.41. The van der Waals surface area contributed by atoms with Gasteiger partial charge in [0.05, 0.1) is 16.9 Å². The van der Waals surface area contributed by atoms with Crippen molar-refractivity contribution in [3.8, 4) is 6.07 Å². The molecule has 0 saturated carbocycles. The van der Waals surface area contributed by atoms with Crippen LogP contribution >= 0.6 is 0 Å². The van der Waals surface area contributed by atoms with Crippen LogP contribution in [0.1, 0.15) is 51.3 Å². The number of anilines is 1. The van der Waals surface area contributed by atoms with E-state index < -0.39 is 0 Å². The fourth-order valence-electron chi connectivity index (χ4n) is 1.41. The maximum absolute atomic E-state index is 9.06. The molecule has 0 N–H and O–H groups in total. The summed E-state index contributed by atoms with van der Waals surface area (Å²) >= 11 is 0. The second kappa shape index (κ2) is 9.47. The van der Waals surface area contributed by atoms with E-state index in [1.807, 2.05) is 25.1 Å². The fourth-order valence-corrected chi connectivity index (χ4v) is 1.41. The van der Waals surface area contributed by atoms with E-state index in [9.17, 15) is 0 Å². The normalized spacial score (nSPS) is 9.11. The molecule has 3 nitrogen and oxygen atoms in total. The standard InChI is InChI=1S/C11H15N3.C4H10/c1-4-5-10-9(8-12)11(14(2)3)6-7-13-10;1-3-4-2/h6-7H,4-5H2,1-3H3;3-4H2,1-2H3. The summed E-state index contributed by atoms with van der Waals surface area (Å²) in [5.74, 6) is 0.